The van der Waals surface area contributed by atoms with Crippen molar-refractivity contribution in [3.8, 4) is 0 Å². The van der Waals surface area contributed by atoms with E-state index in [-0.39, 0.29) is 0 Å². The maximum atomic E-state index is 11.6. The van der Waals surface area contributed by atoms with Crippen molar-refractivity contribution in [1.29, 1.82) is 0 Å². The van der Waals surface area contributed by atoms with Crippen LogP contribution in [0.2, 0.25) is 0 Å². The molecule has 1 unspecified atom stereocenters. The van der Waals surface area contributed by atoms with Gasteiger partial charge in [-0.2, -0.15) is 0 Å². The van der Waals surface area contributed by atoms with Crippen LogP contribution in [0.25, 0.3) is 0 Å². The number of rotatable bonds is 14. The Balaban J connectivity index is 4.38. The molecule has 0 radical (unpaired) electrons. The zero-order valence-electron chi connectivity index (χ0n) is 14.6. The average Bonchev–Trinajstić information content (AvgIpc) is 2.48. The normalized spacial score (nSPS) is 14.3. The Hall–Kier alpha value is -0.610. The molecule has 21 heavy (non-hydrogen) atoms. The molecule has 0 saturated heterocycles. The molecule has 0 amide bonds. The molecule has 0 saturated carbocycles. The van der Waals surface area contributed by atoms with Crippen LogP contribution in [-0.4, -0.2) is 47.7 Å². The highest BCUT2D eigenvalue weighted by Crippen LogP contribution is 2.18. The maximum absolute atomic E-state index is 11.6. The number of unbranched alkanes of at least 4 members (excludes halogenated alkanes) is 2. The quantitative estimate of drug-likeness (QED) is 0.515. The molecule has 0 aromatic carbocycles. The standard InChI is InChI=1S/C17H36N2O2/c1-5-9-13-19(14-10-6-2)15-11-12-17(7-3,16(20)21)18-8-4/h18H,5-15H2,1-4H3,(H,20,21). The van der Waals surface area contributed by atoms with E-state index >= 15 is 0 Å². The number of carboxylic acids is 1. The molecule has 4 nitrogen and oxygen atoms in total. The topological polar surface area (TPSA) is 52.6 Å². The Bertz CT molecular complexity index is 264. The van der Waals surface area contributed by atoms with E-state index in [4.69, 9.17) is 0 Å². The van der Waals surface area contributed by atoms with Crippen molar-refractivity contribution in [2.24, 2.45) is 0 Å². The van der Waals surface area contributed by atoms with E-state index in [0.29, 0.717) is 19.4 Å². The average molecular weight is 300 g/mol. The molecule has 0 aliphatic rings. The summed E-state index contributed by atoms with van der Waals surface area (Å²) < 4.78 is 0. The van der Waals surface area contributed by atoms with E-state index in [1.807, 2.05) is 13.8 Å². The second-order valence-corrected chi connectivity index (χ2v) is 5.92. The van der Waals surface area contributed by atoms with E-state index in [2.05, 4.69) is 24.1 Å². The van der Waals surface area contributed by atoms with Gasteiger partial charge in [0.2, 0.25) is 0 Å². The zero-order chi connectivity index (χ0) is 16.1. The second kappa shape index (κ2) is 12.0. The third-order valence-electron chi connectivity index (χ3n) is 4.26. The van der Waals surface area contributed by atoms with E-state index < -0.39 is 11.5 Å². The lowest BCUT2D eigenvalue weighted by atomic mass is 9.90. The molecule has 0 heterocycles. The number of carboxylic acid groups (broad SMARTS) is 1. The van der Waals surface area contributed by atoms with Gasteiger partial charge in [-0.1, -0.05) is 40.5 Å². The van der Waals surface area contributed by atoms with Gasteiger partial charge >= 0.3 is 5.97 Å². The summed E-state index contributed by atoms with van der Waals surface area (Å²) in [4.78, 5) is 14.1. The van der Waals surface area contributed by atoms with Gasteiger partial charge in [0.05, 0.1) is 0 Å². The predicted molar refractivity (Wildman–Crippen MR) is 89.8 cm³/mol. The van der Waals surface area contributed by atoms with Crippen molar-refractivity contribution < 1.29 is 9.90 Å². The van der Waals surface area contributed by atoms with Crippen LogP contribution in [0.15, 0.2) is 0 Å². The van der Waals surface area contributed by atoms with Gasteiger partial charge < -0.3 is 15.3 Å². The molecule has 1 atom stereocenters. The number of nitrogens with one attached hydrogen (secondary N) is 1. The SMILES string of the molecule is CCCCN(CCCC)CCCC(CC)(NCC)C(=O)O. The minimum absolute atomic E-state index is 0.639. The molecule has 4 heteroatoms. The first-order valence-electron chi connectivity index (χ1n) is 8.77. The van der Waals surface area contributed by atoms with Gasteiger partial charge in [-0.05, 0) is 58.3 Å². The summed E-state index contributed by atoms with van der Waals surface area (Å²) >= 11 is 0. The Labute approximate surface area is 131 Å². The lowest BCUT2D eigenvalue weighted by Gasteiger charge is -2.30. The molecule has 0 aliphatic heterocycles. The van der Waals surface area contributed by atoms with Gasteiger partial charge in [-0.15, -0.1) is 0 Å². The summed E-state index contributed by atoms with van der Waals surface area (Å²) in [5.41, 5.74) is -0.740. The first-order valence-corrected chi connectivity index (χ1v) is 8.77. The molecule has 0 rings (SSSR count). The molecular weight excluding hydrogens is 264 g/mol. The number of carbonyl (C=O) groups is 1. The van der Waals surface area contributed by atoms with Gasteiger partial charge in [0, 0.05) is 0 Å². The Morgan fingerprint density at radius 3 is 1.90 bits per heavy atom. The van der Waals surface area contributed by atoms with Gasteiger partial charge in [0.25, 0.3) is 0 Å². The molecule has 2 N–H and O–H groups in total. The molecule has 0 bridgehead atoms. The number of likely N-dealkylation sites (N-methyl/N-ethyl adjacent to an activating group) is 1. The molecule has 0 spiro atoms. The zero-order valence-corrected chi connectivity index (χ0v) is 14.6. The van der Waals surface area contributed by atoms with Gasteiger partial charge in [-0.3, -0.25) is 4.79 Å². The monoisotopic (exact) mass is 300 g/mol. The maximum Gasteiger partial charge on any atom is 0.323 e. The van der Waals surface area contributed by atoms with Crippen LogP contribution in [-0.2, 0) is 4.79 Å². The molecule has 0 aromatic rings. The van der Waals surface area contributed by atoms with Crippen molar-refractivity contribution in [3.63, 3.8) is 0 Å². The Kier molecular flexibility index (Phi) is 11.6. The minimum Gasteiger partial charge on any atom is -0.480 e. The van der Waals surface area contributed by atoms with E-state index in [9.17, 15) is 9.90 Å². The predicted octanol–water partition coefficient (Wildman–Crippen LogP) is 3.51. The van der Waals surface area contributed by atoms with Gasteiger partial charge in [0.15, 0.2) is 0 Å². The van der Waals surface area contributed by atoms with Crippen LogP contribution in [0.1, 0.15) is 72.6 Å². The number of hydrogen-bond donors (Lipinski definition) is 2. The van der Waals surface area contributed by atoms with Gasteiger partial charge in [-0.25, -0.2) is 0 Å². The van der Waals surface area contributed by atoms with Crippen LogP contribution in [0, 0.1) is 0 Å². The first-order chi connectivity index (χ1) is 10.1. The molecular formula is C17H36N2O2. The van der Waals surface area contributed by atoms with Crippen molar-refractivity contribution in [3.05, 3.63) is 0 Å². The van der Waals surface area contributed by atoms with Crippen LogP contribution in [0.3, 0.4) is 0 Å². The molecule has 0 fully saturated rings. The number of aliphatic carboxylic acids is 1. The minimum atomic E-state index is -0.740. The van der Waals surface area contributed by atoms with Crippen LogP contribution in [0.4, 0.5) is 0 Å². The smallest absolute Gasteiger partial charge is 0.323 e. The van der Waals surface area contributed by atoms with Crippen molar-refractivity contribution in [2.75, 3.05) is 26.2 Å². The second-order valence-electron chi connectivity index (χ2n) is 5.92. The van der Waals surface area contributed by atoms with Gasteiger partial charge in [0.1, 0.15) is 5.54 Å². The summed E-state index contributed by atoms with van der Waals surface area (Å²) in [6.45, 7) is 12.4. The summed E-state index contributed by atoms with van der Waals surface area (Å²) in [5.74, 6) is -0.708. The molecule has 0 aromatic heterocycles. The lowest BCUT2D eigenvalue weighted by molar-refractivity contribution is -0.145. The fourth-order valence-electron chi connectivity index (χ4n) is 2.77. The number of nitrogens with zero attached hydrogens (tertiary/aromatic N) is 1. The lowest BCUT2D eigenvalue weighted by Crippen LogP contribution is -2.52. The van der Waals surface area contributed by atoms with Crippen molar-refractivity contribution >= 4 is 5.97 Å². The van der Waals surface area contributed by atoms with Crippen molar-refractivity contribution in [1.82, 2.24) is 10.2 Å². The van der Waals surface area contributed by atoms with Crippen LogP contribution < -0.4 is 5.32 Å². The van der Waals surface area contributed by atoms with E-state index in [1.54, 1.807) is 0 Å². The number of hydrogen-bond acceptors (Lipinski definition) is 3. The highest BCUT2D eigenvalue weighted by Gasteiger charge is 2.34. The van der Waals surface area contributed by atoms with E-state index in [1.165, 1.54) is 25.7 Å². The van der Waals surface area contributed by atoms with Crippen LogP contribution >= 0.6 is 0 Å². The highest BCUT2D eigenvalue weighted by atomic mass is 16.4. The van der Waals surface area contributed by atoms with E-state index in [0.717, 1.165) is 26.1 Å². The fourth-order valence-corrected chi connectivity index (χ4v) is 2.77. The van der Waals surface area contributed by atoms with Crippen LogP contribution in [0.5, 0.6) is 0 Å². The third kappa shape index (κ3) is 7.82. The Morgan fingerprint density at radius 2 is 1.52 bits per heavy atom. The third-order valence-corrected chi connectivity index (χ3v) is 4.26. The molecule has 126 valence electrons. The summed E-state index contributed by atoms with van der Waals surface area (Å²) in [6.07, 6.45) is 7.19. The van der Waals surface area contributed by atoms with Crippen molar-refractivity contribution in [2.45, 2.75) is 78.2 Å². The summed E-state index contributed by atoms with van der Waals surface area (Å²) in [5, 5.41) is 12.7. The highest BCUT2D eigenvalue weighted by molar-refractivity contribution is 5.78. The molecule has 0 aliphatic carbocycles. The Morgan fingerprint density at radius 1 is 1.00 bits per heavy atom. The summed E-state index contributed by atoms with van der Waals surface area (Å²) in [7, 11) is 0. The first kappa shape index (κ1) is 20.4. The summed E-state index contributed by atoms with van der Waals surface area (Å²) in [6, 6.07) is 0. The fraction of sp³-hybridized carbons (Fsp3) is 0.941. The largest absolute Gasteiger partial charge is 0.480 e.